The molecule has 0 spiro atoms. The van der Waals surface area contributed by atoms with Gasteiger partial charge >= 0.3 is 0 Å². The number of rotatable bonds is 6. The molecule has 0 bridgehead atoms. The second-order valence-electron chi connectivity index (χ2n) is 8.96. The van der Waals surface area contributed by atoms with E-state index in [2.05, 4.69) is 34.5 Å². The first kappa shape index (κ1) is 23.2. The van der Waals surface area contributed by atoms with E-state index < -0.39 is 0 Å². The molecule has 35 heavy (non-hydrogen) atoms. The molecule has 7 heteroatoms. The van der Waals surface area contributed by atoms with Crippen molar-refractivity contribution < 1.29 is 14.3 Å². The molecule has 6 nitrogen and oxygen atoms in total. The van der Waals surface area contributed by atoms with Crippen LogP contribution in [0.2, 0.25) is 5.02 Å². The van der Waals surface area contributed by atoms with Gasteiger partial charge in [0.1, 0.15) is 5.75 Å². The van der Waals surface area contributed by atoms with Gasteiger partial charge in [-0.1, -0.05) is 35.9 Å². The molecular formula is C28H28ClN3O3. The number of ether oxygens (including phenoxy) is 1. The number of hydrogen-bond donors (Lipinski definition) is 1. The molecule has 0 aromatic heterocycles. The van der Waals surface area contributed by atoms with E-state index in [1.165, 1.54) is 11.1 Å². The van der Waals surface area contributed by atoms with Crippen LogP contribution in [-0.2, 0) is 17.8 Å². The summed E-state index contributed by atoms with van der Waals surface area (Å²) in [5.41, 5.74) is 4.77. The lowest BCUT2D eigenvalue weighted by atomic mass is 9.98. The molecule has 1 N–H and O–H groups in total. The quantitative estimate of drug-likeness (QED) is 0.519. The smallest absolute Gasteiger partial charge is 0.262 e. The van der Waals surface area contributed by atoms with E-state index in [-0.39, 0.29) is 18.4 Å². The third-order valence-electron chi connectivity index (χ3n) is 6.56. The zero-order valence-corrected chi connectivity index (χ0v) is 20.3. The predicted octanol–water partition coefficient (Wildman–Crippen LogP) is 5.16. The third kappa shape index (κ3) is 5.43. The van der Waals surface area contributed by atoms with E-state index in [0.717, 1.165) is 51.1 Å². The first-order valence-corrected chi connectivity index (χ1v) is 12.4. The SMILES string of the molecule is O=C(COc1ccc(Cl)cc1)Nc1ccc(N2CCc3ccccc3C2)c(C(=O)N2CCCC2)c1. The summed E-state index contributed by atoms with van der Waals surface area (Å²) in [5, 5.41) is 3.48. The van der Waals surface area contributed by atoms with Crippen molar-refractivity contribution in [1.82, 2.24) is 4.90 Å². The van der Waals surface area contributed by atoms with Gasteiger partial charge in [0, 0.05) is 42.6 Å². The Labute approximate surface area is 210 Å². The van der Waals surface area contributed by atoms with Crippen LogP contribution in [0, 0.1) is 0 Å². The number of amides is 2. The van der Waals surface area contributed by atoms with E-state index in [0.29, 0.717) is 22.0 Å². The Morgan fingerprint density at radius 2 is 1.66 bits per heavy atom. The minimum absolute atomic E-state index is 0.0184. The maximum Gasteiger partial charge on any atom is 0.262 e. The molecule has 3 aromatic rings. The first-order valence-electron chi connectivity index (χ1n) is 12.0. The van der Waals surface area contributed by atoms with Gasteiger partial charge in [-0.3, -0.25) is 9.59 Å². The fourth-order valence-electron chi connectivity index (χ4n) is 4.73. The molecule has 2 heterocycles. The number of fused-ring (bicyclic) bond motifs is 1. The zero-order valence-electron chi connectivity index (χ0n) is 19.5. The number of anilines is 2. The topological polar surface area (TPSA) is 61.9 Å². The molecule has 3 aromatic carbocycles. The van der Waals surface area contributed by atoms with Crippen LogP contribution < -0.4 is 15.0 Å². The van der Waals surface area contributed by atoms with E-state index in [9.17, 15) is 9.59 Å². The number of halogens is 1. The van der Waals surface area contributed by atoms with Crippen molar-refractivity contribution in [2.24, 2.45) is 0 Å². The van der Waals surface area contributed by atoms with E-state index >= 15 is 0 Å². The molecule has 1 fully saturated rings. The number of carbonyl (C=O) groups is 2. The van der Waals surface area contributed by atoms with Crippen LogP contribution in [0.1, 0.15) is 34.3 Å². The summed E-state index contributed by atoms with van der Waals surface area (Å²) < 4.78 is 5.55. The van der Waals surface area contributed by atoms with Crippen molar-refractivity contribution in [3.8, 4) is 5.75 Å². The van der Waals surface area contributed by atoms with Crippen LogP contribution in [0.25, 0.3) is 0 Å². The van der Waals surface area contributed by atoms with Crippen LogP contribution in [0.4, 0.5) is 11.4 Å². The summed E-state index contributed by atoms with van der Waals surface area (Å²) in [6.45, 7) is 3.01. The molecule has 5 rings (SSSR count). The van der Waals surface area contributed by atoms with Crippen LogP contribution in [0.5, 0.6) is 5.75 Å². The van der Waals surface area contributed by atoms with Crippen LogP contribution in [0.15, 0.2) is 66.7 Å². The molecule has 2 aliphatic rings. The Balaban J connectivity index is 1.34. The maximum atomic E-state index is 13.5. The van der Waals surface area contributed by atoms with Crippen molar-refractivity contribution in [2.45, 2.75) is 25.8 Å². The summed E-state index contributed by atoms with van der Waals surface area (Å²) in [5.74, 6) is 0.291. The Morgan fingerprint density at radius 1 is 0.914 bits per heavy atom. The molecule has 0 radical (unpaired) electrons. The van der Waals surface area contributed by atoms with Crippen molar-refractivity contribution in [3.63, 3.8) is 0 Å². The van der Waals surface area contributed by atoms with Crippen molar-refractivity contribution in [3.05, 3.63) is 88.4 Å². The summed E-state index contributed by atoms with van der Waals surface area (Å²) in [6.07, 6.45) is 2.99. The average Bonchev–Trinajstić information content (AvgIpc) is 3.43. The molecule has 0 aliphatic carbocycles. The number of carbonyl (C=O) groups excluding carboxylic acids is 2. The van der Waals surface area contributed by atoms with E-state index in [1.54, 1.807) is 30.3 Å². The third-order valence-corrected chi connectivity index (χ3v) is 6.81. The normalized spacial score (nSPS) is 15.0. The first-order chi connectivity index (χ1) is 17.1. The van der Waals surface area contributed by atoms with Gasteiger partial charge in [0.15, 0.2) is 6.61 Å². The lowest BCUT2D eigenvalue weighted by molar-refractivity contribution is -0.118. The molecule has 1 saturated heterocycles. The maximum absolute atomic E-state index is 13.5. The number of hydrogen-bond acceptors (Lipinski definition) is 4. The molecule has 0 saturated carbocycles. The molecule has 2 aliphatic heterocycles. The highest BCUT2D eigenvalue weighted by atomic mass is 35.5. The Morgan fingerprint density at radius 3 is 2.43 bits per heavy atom. The molecule has 180 valence electrons. The predicted molar refractivity (Wildman–Crippen MR) is 138 cm³/mol. The van der Waals surface area contributed by atoms with Crippen molar-refractivity contribution in [2.75, 3.05) is 36.5 Å². The van der Waals surface area contributed by atoms with Gasteiger partial charge < -0.3 is 19.9 Å². The largest absolute Gasteiger partial charge is 0.484 e. The van der Waals surface area contributed by atoms with Crippen molar-refractivity contribution >= 4 is 34.8 Å². The van der Waals surface area contributed by atoms with Gasteiger partial charge in [-0.2, -0.15) is 0 Å². The Kier molecular flexibility index (Phi) is 6.91. The Hall–Kier alpha value is -3.51. The highest BCUT2D eigenvalue weighted by Gasteiger charge is 2.26. The molecule has 2 amide bonds. The zero-order chi connectivity index (χ0) is 24.2. The monoisotopic (exact) mass is 489 g/mol. The standard InChI is InChI=1S/C28H28ClN3O3/c29-22-7-10-24(11-8-22)35-19-27(33)30-23-9-12-26(25(17-23)28(34)31-14-3-4-15-31)32-16-13-20-5-1-2-6-21(20)18-32/h1-2,5-12,17H,3-4,13-16,18-19H2,(H,30,33). The fraction of sp³-hybridized carbons (Fsp3) is 0.286. The van der Waals surface area contributed by atoms with E-state index in [4.69, 9.17) is 16.3 Å². The highest BCUT2D eigenvalue weighted by Crippen LogP contribution is 2.31. The second-order valence-corrected chi connectivity index (χ2v) is 9.40. The van der Waals surface area contributed by atoms with Crippen LogP contribution in [0.3, 0.4) is 0 Å². The minimum atomic E-state index is -0.292. The van der Waals surface area contributed by atoms with Gasteiger partial charge in [0.2, 0.25) is 0 Å². The molecular weight excluding hydrogens is 462 g/mol. The van der Waals surface area contributed by atoms with Crippen LogP contribution >= 0.6 is 11.6 Å². The number of nitrogens with zero attached hydrogens (tertiary/aromatic N) is 2. The van der Waals surface area contributed by atoms with Gasteiger partial charge in [-0.15, -0.1) is 0 Å². The summed E-state index contributed by atoms with van der Waals surface area (Å²) in [4.78, 5) is 30.2. The summed E-state index contributed by atoms with van der Waals surface area (Å²) in [6, 6.07) is 20.9. The lowest BCUT2D eigenvalue weighted by Crippen LogP contribution is -2.34. The highest BCUT2D eigenvalue weighted by molar-refractivity contribution is 6.30. The second kappa shape index (κ2) is 10.4. The summed E-state index contributed by atoms with van der Waals surface area (Å²) >= 11 is 5.89. The Bertz CT molecular complexity index is 1220. The minimum Gasteiger partial charge on any atom is -0.484 e. The average molecular weight is 490 g/mol. The number of benzene rings is 3. The van der Waals surface area contributed by atoms with Gasteiger partial charge in [-0.05, 0) is 72.9 Å². The number of likely N-dealkylation sites (tertiary alicyclic amines) is 1. The fourth-order valence-corrected chi connectivity index (χ4v) is 4.86. The van der Waals surface area contributed by atoms with Gasteiger partial charge in [0.25, 0.3) is 11.8 Å². The van der Waals surface area contributed by atoms with Gasteiger partial charge in [-0.25, -0.2) is 0 Å². The summed E-state index contributed by atoms with van der Waals surface area (Å²) in [7, 11) is 0. The van der Waals surface area contributed by atoms with Crippen LogP contribution in [-0.4, -0.2) is 43.0 Å². The lowest BCUT2D eigenvalue weighted by Gasteiger charge is -2.33. The van der Waals surface area contributed by atoms with Crippen molar-refractivity contribution in [1.29, 1.82) is 0 Å². The molecule has 0 unspecified atom stereocenters. The van der Waals surface area contributed by atoms with E-state index in [1.807, 2.05) is 17.0 Å². The number of nitrogens with one attached hydrogen (secondary N) is 1. The molecule has 0 atom stereocenters. The van der Waals surface area contributed by atoms with Gasteiger partial charge in [0.05, 0.1) is 5.56 Å².